The number of nitrogens with zero attached hydrogens (tertiary/aromatic N) is 1. The molecular weight excluding hydrogens is 394 g/mol. The zero-order chi connectivity index (χ0) is 22.5. The molecule has 4 nitrogen and oxygen atoms in total. The van der Waals surface area contributed by atoms with Crippen LogP contribution in [0.4, 0.5) is 0 Å². The largest absolute Gasteiger partial charge is 0.619 e. The molecule has 0 bridgehead atoms. The average molecular weight is 440 g/mol. The molecule has 0 fully saturated rings. The second kappa shape index (κ2) is 10.1. The van der Waals surface area contributed by atoms with E-state index < -0.39 is 18.1 Å². The summed E-state index contributed by atoms with van der Waals surface area (Å²) < 4.78 is 14.0. The van der Waals surface area contributed by atoms with Gasteiger partial charge in [0.15, 0.2) is 30.5 Å². The lowest BCUT2D eigenvalue weighted by Gasteiger charge is -2.41. The number of rotatable bonds is 10. The molecule has 1 rings (SSSR count). The molecule has 0 aliphatic rings. The van der Waals surface area contributed by atoms with Crippen molar-refractivity contribution in [3.8, 4) is 0 Å². The highest BCUT2D eigenvalue weighted by Crippen LogP contribution is 2.38. The van der Waals surface area contributed by atoms with E-state index >= 15 is 0 Å². The molecule has 29 heavy (non-hydrogen) atoms. The van der Waals surface area contributed by atoms with E-state index in [1.165, 1.54) is 5.56 Å². The highest BCUT2D eigenvalue weighted by atomic mass is 28.4. The highest BCUT2D eigenvalue weighted by molar-refractivity contribution is 6.74. The molecular formula is C23H45NO3Si2. The fourth-order valence-electron chi connectivity index (χ4n) is 2.84. The van der Waals surface area contributed by atoms with Gasteiger partial charge in [-0.1, -0.05) is 41.5 Å². The Hall–Kier alpha value is -0.696. The van der Waals surface area contributed by atoms with Gasteiger partial charge in [-0.3, -0.25) is 0 Å². The first-order valence-corrected chi connectivity index (χ1v) is 15.2. The standard InChI is InChI=1S/C23H45NO3Si2/c1-21(2,3)28-27-23(7,8)20(18-26-29(9,10)22(4,5)6)13-11-12-19-14-16-24(25)17-15-19/h14-17,20H,11-13,18,28H2,1-10H3. The van der Waals surface area contributed by atoms with Crippen LogP contribution in [0, 0.1) is 11.1 Å². The molecule has 0 amide bonds. The van der Waals surface area contributed by atoms with Crippen molar-refractivity contribution >= 4 is 18.1 Å². The summed E-state index contributed by atoms with van der Waals surface area (Å²) in [6.07, 6.45) is 6.26. The number of aryl methyl sites for hydroxylation is 1. The van der Waals surface area contributed by atoms with Crippen LogP contribution in [0.5, 0.6) is 0 Å². The minimum absolute atomic E-state index is 0.184. The highest BCUT2D eigenvalue weighted by Gasteiger charge is 2.39. The lowest BCUT2D eigenvalue weighted by Crippen LogP contribution is -2.46. The molecule has 1 atom stereocenters. The van der Waals surface area contributed by atoms with E-state index in [-0.39, 0.29) is 15.7 Å². The molecule has 0 N–H and O–H groups in total. The maximum Gasteiger partial charge on any atom is 0.191 e. The minimum Gasteiger partial charge on any atom is -0.619 e. The van der Waals surface area contributed by atoms with E-state index in [1.807, 2.05) is 12.1 Å². The second-order valence-electron chi connectivity index (χ2n) is 11.7. The summed E-state index contributed by atoms with van der Waals surface area (Å²) in [4.78, 5) is 0. The van der Waals surface area contributed by atoms with E-state index in [9.17, 15) is 5.21 Å². The Bertz CT molecular complexity index is 616. The van der Waals surface area contributed by atoms with Gasteiger partial charge in [-0.25, -0.2) is 0 Å². The van der Waals surface area contributed by atoms with Crippen LogP contribution in [-0.2, 0) is 15.3 Å². The van der Waals surface area contributed by atoms with Gasteiger partial charge < -0.3 is 14.1 Å². The monoisotopic (exact) mass is 439 g/mol. The lowest BCUT2D eigenvalue weighted by molar-refractivity contribution is -0.605. The lowest BCUT2D eigenvalue weighted by atomic mass is 9.87. The number of hydrogen-bond donors (Lipinski definition) is 0. The molecule has 0 radical (unpaired) electrons. The number of hydrogen-bond acceptors (Lipinski definition) is 3. The Morgan fingerprint density at radius 2 is 1.59 bits per heavy atom. The molecule has 0 aliphatic carbocycles. The Morgan fingerprint density at radius 3 is 2.07 bits per heavy atom. The van der Waals surface area contributed by atoms with Crippen LogP contribution < -0.4 is 4.73 Å². The predicted octanol–water partition coefficient (Wildman–Crippen LogP) is 5.38. The van der Waals surface area contributed by atoms with Crippen LogP contribution >= 0.6 is 0 Å². The summed E-state index contributed by atoms with van der Waals surface area (Å²) >= 11 is 0. The zero-order valence-electron chi connectivity index (χ0n) is 20.6. The van der Waals surface area contributed by atoms with Crippen molar-refractivity contribution < 1.29 is 13.6 Å². The Morgan fingerprint density at radius 1 is 1.03 bits per heavy atom. The van der Waals surface area contributed by atoms with Crippen LogP contribution in [0.25, 0.3) is 0 Å². The van der Waals surface area contributed by atoms with Gasteiger partial charge in [0.25, 0.3) is 0 Å². The fraction of sp³-hybridized carbons (Fsp3) is 0.783. The quantitative estimate of drug-likeness (QED) is 0.279. The molecule has 1 unspecified atom stereocenters. The Kier molecular flexibility index (Phi) is 9.15. The van der Waals surface area contributed by atoms with Crippen molar-refractivity contribution in [2.45, 2.75) is 103 Å². The molecule has 6 heteroatoms. The first-order chi connectivity index (χ1) is 13.0. The van der Waals surface area contributed by atoms with E-state index in [0.717, 1.165) is 30.6 Å². The maximum absolute atomic E-state index is 11.2. The molecule has 0 aliphatic heterocycles. The second-order valence-corrected chi connectivity index (χ2v) is 19.2. The summed E-state index contributed by atoms with van der Waals surface area (Å²) in [7, 11) is -2.43. The van der Waals surface area contributed by atoms with E-state index in [2.05, 4.69) is 68.5 Å². The van der Waals surface area contributed by atoms with Crippen LogP contribution in [-0.4, -0.2) is 30.3 Å². The third-order valence-corrected chi connectivity index (χ3v) is 12.5. The van der Waals surface area contributed by atoms with Crippen LogP contribution in [0.1, 0.15) is 73.8 Å². The van der Waals surface area contributed by atoms with Gasteiger partial charge in [0.2, 0.25) is 0 Å². The average Bonchev–Trinajstić information content (AvgIpc) is 2.56. The zero-order valence-corrected chi connectivity index (χ0v) is 23.0. The van der Waals surface area contributed by atoms with Crippen LogP contribution in [0.15, 0.2) is 24.5 Å². The summed E-state index contributed by atoms with van der Waals surface area (Å²) in [6, 6.07) is 3.84. The van der Waals surface area contributed by atoms with Gasteiger partial charge in [-0.2, -0.15) is 4.73 Å². The van der Waals surface area contributed by atoms with E-state index in [4.69, 9.17) is 8.85 Å². The van der Waals surface area contributed by atoms with Crippen LogP contribution in [0.3, 0.4) is 0 Å². The van der Waals surface area contributed by atoms with Crippen molar-refractivity contribution in [3.63, 3.8) is 0 Å². The van der Waals surface area contributed by atoms with E-state index in [1.54, 1.807) is 12.4 Å². The van der Waals surface area contributed by atoms with Crippen molar-refractivity contribution in [2.75, 3.05) is 6.61 Å². The Balaban J connectivity index is 2.81. The molecule has 0 saturated heterocycles. The summed E-state index contributed by atoms with van der Waals surface area (Å²) in [5.74, 6) is 0.361. The van der Waals surface area contributed by atoms with Gasteiger partial charge in [0.05, 0.1) is 5.60 Å². The maximum atomic E-state index is 11.2. The fourth-order valence-corrected chi connectivity index (χ4v) is 4.93. The van der Waals surface area contributed by atoms with Crippen molar-refractivity contribution in [1.82, 2.24) is 0 Å². The van der Waals surface area contributed by atoms with Crippen molar-refractivity contribution in [1.29, 1.82) is 0 Å². The summed E-state index contributed by atoms with van der Waals surface area (Å²) in [6.45, 7) is 23.6. The molecule has 0 saturated carbocycles. The SMILES string of the molecule is CC(C)(C)[SiH2]OC(C)(C)C(CCCc1cc[n+]([O-])cc1)CO[Si](C)(C)C(C)(C)C. The van der Waals surface area contributed by atoms with Gasteiger partial charge in [0, 0.05) is 24.7 Å². The summed E-state index contributed by atoms with van der Waals surface area (Å²) in [5.41, 5.74) is 1.03. The molecule has 0 spiro atoms. The molecule has 1 aromatic rings. The van der Waals surface area contributed by atoms with Gasteiger partial charge in [0.1, 0.15) is 0 Å². The van der Waals surface area contributed by atoms with Crippen molar-refractivity contribution in [2.24, 2.45) is 5.92 Å². The summed E-state index contributed by atoms with van der Waals surface area (Å²) in [5, 5.41) is 11.7. The van der Waals surface area contributed by atoms with Crippen LogP contribution in [0.2, 0.25) is 23.2 Å². The van der Waals surface area contributed by atoms with Gasteiger partial charge in [-0.05, 0) is 61.8 Å². The normalized spacial score (nSPS) is 15.2. The van der Waals surface area contributed by atoms with Gasteiger partial charge >= 0.3 is 0 Å². The third-order valence-electron chi connectivity index (χ3n) is 6.20. The molecule has 1 heterocycles. The van der Waals surface area contributed by atoms with Gasteiger partial charge in [-0.15, -0.1) is 0 Å². The third kappa shape index (κ3) is 9.32. The van der Waals surface area contributed by atoms with Crippen molar-refractivity contribution in [3.05, 3.63) is 35.3 Å². The minimum atomic E-state index is -1.80. The topological polar surface area (TPSA) is 45.4 Å². The molecule has 168 valence electrons. The van der Waals surface area contributed by atoms with E-state index in [0.29, 0.717) is 5.92 Å². The Labute approximate surface area is 183 Å². The smallest absolute Gasteiger partial charge is 0.191 e. The molecule has 0 aromatic carbocycles. The number of pyridine rings is 1. The molecule has 1 aromatic heterocycles. The predicted molar refractivity (Wildman–Crippen MR) is 128 cm³/mol. The first-order valence-electron chi connectivity index (χ1n) is 11.0. The first kappa shape index (κ1) is 26.3. The number of aromatic nitrogens is 1.